The number of halogens is 2. The lowest BCUT2D eigenvalue weighted by Gasteiger charge is -2.34. The summed E-state index contributed by atoms with van der Waals surface area (Å²) < 4.78 is 52.9. The molecule has 3 heterocycles. The largest absolute Gasteiger partial charge is 0.351 e. The summed E-state index contributed by atoms with van der Waals surface area (Å²) in [6, 6.07) is 8.51. The molecule has 0 radical (unpaired) electrons. The fraction of sp³-hybridized carbons (Fsp3) is 0.567. The Bertz CT molecular complexity index is 1450. The number of alkyl halides is 2. The Morgan fingerprint density at radius 3 is 2.39 bits per heavy atom. The van der Waals surface area contributed by atoms with Crippen molar-refractivity contribution < 1.29 is 17.2 Å². The fourth-order valence-electron chi connectivity index (χ4n) is 5.87. The highest BCUT2D eigenvalue weighted by atomic mass is 32.2. The van der Waals surface area contributed by atoms with Crippen LogP contribution in [0, 0.1) is 0 Å². The van der Waals surface area contributed by atoms with Gasteiger partial charge in [0.1, 0.15) is 5.82 Å². The maximum Gasteiger partial charge on any atom is 0.246 e. The highest BCUT2D eigenvalue weighted by Gasteiger charge is 2.28. The van der Waals surface area contributed by atoms with Crippen LogP contribution in [0.15, 0.2) is 36.7 Å². The second-order valence-corrected chi connectivity index (χ2v) is 13.8. The monoisotopic (exact) mass is 586 g/mol. The van der Waals surface area contributed by atoms with E-state index in [-0.39, 0.29) is 11.7 Å². The summed E-state index contributed by atoms with van der Waals surface area (Å²) in [5, 5.41) is 4.51. The standard InChI is InChI=1S/C30H40F2N6O2S/c1-20(2)26-17-22(21-6-11-27(33-18-21)37-41(39,40)15-12-30(3,31)32)16-23-19-34-29(36-28(23)26)35-24-7-9-25(10-8-24)38-13-4-5-14-38/h6,11,16-20,24-25H,4-5,7-10,12-15H2,1-3H3,(H,33,37)(H,34,35,36)/t24-,25-. The molecule has 41 heavy (non-hydrogen) atoms. The predicted octanol–water partition coefficient (Wildman–Crippen LogP) is 6.42. The molecule has 2 N–H and O–H groups in total. The summed E-state index contributed by atoms with van der Waals surface area (Å²) in [6.07, 6.45) is 10.0. The van der Waals surface area contributed by atoms with E-state index >= 15 is 0 Å². The summed E-state index contributed by atoms with van der Waals surface area (Å²) in [6.45, 7) is 7.46. The molecule has 1 aliphatic carbocycles. The van der Waals surface area contributed by atoms with E-state index in [0.29, 0.717) is 18.9 Å². The molecule has 2 aromatic heterocycles. The number of aromatic nitrogens is 3. The van der Waals surface area contributed by atoms with E-state index in [9.17, 15) is 17.2 Å². The summed E-state index contributed by atoms with van der Waals surface area (Å²) in [7, 11) is -3.93. The zero-order valence-electron chi connectivity index (χ0n) is 24.0. The average Bonchev–Trinajstić information content (AvgIpc) is 3.47. The molecule has 1 saturated carbocycles. The molecule has 1 aliphatic heterocycles. The van der Waals surface area contributed by atoms with Crippen LogP contribution in [0.1, 0.15) is 77.2 Å². The Balaban J connectivity index is 1.29. The molecule has 5 rings (SSSR count). The van der Waals surface area contributed by atoms with Gasteiger partial charge in [-0.05, 0) is 99.8 Å². The first-order valence-corrected chi connectivity index (χ1v) is 16.3. The topological polar surface area (TPSA) is 100 Å². The van der Waals surface area contributed by atoms with E-state index in [1.165, 1.54) is 44.8 Å². The fourth-order valence-corrected chi connectivity index (χ4v) is 7.04. The van der Waals surface area contributed by atoms with Crippen LogP contribution in [0.5, 0.6) is 0 Å². The molecule has 2 aliphatic rings. The van der Waals surface area contributed by atoms with Gasteiger partial charge in [0.05, 0.1) is 11.3 Å². The molecule has 0 atom stereocenters. The van der Waals surface area contributed by atoms with Crippen molar-refractivity contribution in [3.8, 4) is 11.1 Å². The van der Waals surface area contributed by atoms with Crippen LogP contribution >= 0.6 is 0 Å². The minimum atomic E-state index is -3.93. The van der Waals surface area contributed by atoms with Crippen molar-refractivity contribution in [3.05, 3.63) is 42.2 Å². The van der Waals surface area contributed by atoms with Crippen LogP contribution in [0.2, 0.25) is 0 Å². The number of rotatable bonds is 10. The lowest BCUT2D eigenvalue weighted by Crippen LogP contribution is -2.39. The van der Waals surface area contributed by atoms with Gasteiger partial charge in [-0.3, -0.25) is 4.72 Å². The van der Waals surface area contributed by atoms with Gasteiger partial charge in [0.25, 0.3) is 0 Å². The quantitative estimate of drug-likeness (QED) is 0.283. The van der Waals surface area contributed by atoms with Gasteiger partial charge in [-0.2, -0.15) is 0 Å². The lowest BCUT2D eigenvalue weighted by molar-refractivity contribution is 0.0189. The van der Waals surface area contributed by atoms with Crippen molar-refractivity contribution in [1.29, 1.82) is 0 Å². The van der Waals surface area contributed by atoms with Gasteiger partial charge in [0.2, 0.25) is 21.9 Å². The summed E-state index contributed by atoms with van der Waals surface area (Å²) in [4.78, 5) is 16.5. The minimum Gasteiger partial charge on any atom is -0.351 e. The number of fused-ring (bicyclic) bond motifs is 1. The second kappa shape index (κ2) is 12.1. The third-order valence-corrected chi connectivity index (χ3v) is 9.45. The van der Waals surface area contributed by atoms with Gasteiger partial charge in [-0.1, -0.05) is 13.8 Å². The number of hydrogen-bond donors (Lipinski definition) is 2. The second-order valence-electron chi connectivity index (χ2n) is 11.9. The first kappa shape index (κ1) is 29.6. The molecule has 0 unspecified atom stereocenters. The maximum absolute atomic E-state index is 13.1. The van der Waals surface area contributed by atoms with E-state index in [1.807, 2.05) is 12.3 Å². The van der Waals surface area contributed by atoms with Crippen LogP contribution in [-0.4, -0.2) is 65.1 Å². The molecular weight excluding hydrogens is 546 g/mol. The third kappa shape index (κ3) is 7.68. The summed E-state index contributed by atoms with van der Waals surface area (Å²) in [5.74, 6) is -2.77. The van der Waals surface area contributed by atoms with E-state index < -0.39 is 28.1 Å². The van der Waals surface area contributed by atoms with Crippen LogP contribution in [-0.2, 0) is 10.0 Å². The van der Waals surface area contributed by atoms with Gasteiger partial charge < -0.3 is 10.2 Å². The molecule has 1 aromatic carbocycles. The molecule has 0 bridgehead atoms. The Kier molecular flexibility index (Phi) is 8.75. The van der Waals surface area contributed by atoms with Crippen LogP contribution in [0.4, 0.5) is 20.5 Å². The van der Waals surface area contributed by atoms with E-state index in [1.54, 1.807) is 12.3 Å². The Labute approximate surface area is 241 Å². The zero-order valence-corrected chi connectivity index (χ0v) is 24.9. The van der Waals surface area contributed by atoms with Crippen molar-refractivity contribution in [2.75, 3.05) is 28.9 Å². The van der Waals surface area contributed by atoms with Crippen molar-refractivity contribution in [2.24, 2.45) is 0 Å². The number of nitrogens with zero attached hydrogens (tertiary/aromatic N) is 4. The highest BCUT2D eigenvalue weighted by molar-refractivity contribution is 7.92. The van der Waals surface area contributed by atoms with Crippen LogP contribution in [0.3, 0.4) is 0 Å². The van der Waals surface area contributed by atoms with Gasteiger partial charge in [0, 0.05) is 41.8 Å². The molecule has 11 heteroatoms. The SMILES string of the molecule is CC(C)c1cc(-c2ccc(NS(=O)(=O)CCC(C)(F)F)nc2)cc2cnc(N[C@H]3CC[C@H](N4CCCC4)CC3)nc12. The van der Waals surface area contributed by atoms with Gasteiger partial charge in [-0.25, -0.2) is 32.2 Å². The van der Waals surface area contributed by atoms with Crippen molar-refractivity contribution in [2.45, 2.75) is 89.6 Å². The first-order chi connectivity index (χ1) is 19.5. The average molecular weight is 587 g/mol. The van der Waals surface area contributed by atoms with E-state index in [4.69, 9.17) is 4.98 Å². The van der Waals surface area contributed by atoms with Crippen molar-refractivity contribution >= 4 is 32.7 Å². The highest BCUT2D eigenvalue weighted by Crippen LogP contribution is 2.32. The van der Waals surface area contributed by atoms with Gasteiger partial charge in [-0.15, -0.1) is 0 Å². The molecule has 1 saturated heterocycles. The smallest absolute Gasteiger partial charge is 0.246 e. The van der Waals surface area contributed by atoms with Gasteiger partial charge in [0.15, 0.2) is 0 Å². The Hall–Kier alpha value is -2.92. The minimum absolute atomic E-state index is 0.0894. The number of nitrogens with one attached hydrogen (secondary N) is 2. The number of anilines is 2. The normalized spacial score (nSPS) is 20.5. The van der Waals surface area contributed by atoms with Crippen LogP contribution in [0.25, 0.3) is 22.0 Å². The van der Waals surface area contributed by atoms with Crippen molar-refractivity contribution in [3.63, 3.8) is 0 Å². The van der Waals surface area contributed by atoms with E-state index in [2.05, 4.69) is 44.8 Å². The summed E-state index contributed by atoms with van der Waals surface area (Å²) in [5.41, 5.74) is 3.72. The number of pyridine rings is 1. The van der Waals surface area contributed by atoms with Crippen molar-refractivity contribution in [1.82, 2.24) is 19.9 Å². The number of sulfonamides is 1. The number of hydrogen-bond acceptors (Lipinski definition) is 7. The van der Waals surface area contributed by atoms with Gasteiger partial charge >= 0.3 is 0 Å². The Morgan fingerprint density at radius 2 is 1.76 bits per heavy atom. The Morgan fingerprint density at radius 1 is 1.02 bits per heavy atom. The number of benzene rings is 1. The summed E-state index contributed by atoms with van der Waals surface area (Å²) >= 11 is 0. The first-order valence-electron chi connectivity index (χ1n) is 14.6. The molecule has 2 fully saturated rings. The molecule has 0 spiro atoms. The molecule has 3 aromatic rings. The molecule has 0 amide bonds. The molecule has 222 valence electrons. The predicted molar refractivity (Wildman–Crippen MR) is 160 cm³/mol. The molecule has 8 nitrogen and oxygen atoms in total. The zero-order chi connectivity index (χ0) is 29.2. The number of likely N-dealkylation sites (tertiary alicyclic amines) is 1. The third-order valence-electron chi connectivity index (χ3n) is 8.19. The van der Waals surface area contributed by atoms with Crippen LogP contribution < -0.4 is 10.0 Å². The molecular formula is C30H40F2N6O2S. The lowest BCUT2D eigenvalue weighted by atomic mass is 9.90. The van der Waals surface area contributed by atoms with E-state index in [0.717, 1.165) is 46.5 Å². The maximum atomic E-state index is 13.1.